The van der Waals surface area contributed by atoms with Gasteiger partial charge in [0.2, 0.25) is 0 Å². The fourth-order valence-corrected chi connectivity index (χ4v) is 1.65. The average Bonchev–Trinajstić information content (AvgIpc) is 2.37. The standard InChI is InChI=1S/C7H12N2S/c1-2-7-9-5-6(10-7)3-4-8/h5H,2-4,8H2,1H3. The molecule has 1 aromatic heterocycles. The summed E-state index contributed by atoms with van der Waals surface area (Å²) in [4.78, 5) is 5.52. The van der Waals surface area contributed by atoms with Crippen molar-refractivity contribution >= 4 is 11.3 Å². The van der Waals surface area contributed by atoms with Crippen LogP contribution in [0, 0.1) is 0 Å². The van der Waals surface area contributed by atoms with E-state index in [0.29, 0.717) is 0 Å². The molecule has 0 aliphatic heterocycles. The van der Waals surface area contributed by atoms with Crippen molar-refractivity contribution in [3.8, 4) is 0 Å². The number of hydrogen-bond acceptors (Lipinski definition) is 3. The minimum absolute atomic E-state index is 0.728. The molecule has 0 aromatic carbocycles. The summed E-state index contributed by atoms with van der Waals surface area (Å²) < 4.78 is 0. The quantitative estimate of drug-likeness (QED) is 0.714. The zero-order chi connectivity index (χ0) is 7.40. The number of rotatable bonds is 3. The molecular weight excluding hydrogens is 144 g/mol. The molecule has 1 aromatic rings. The van der Waals surface area contributed by atoms with Gasteiger partial charge in [-0.1, -0.05) is 6.92 Å². The Kier molecular flexibility index (Phi) is 2.83. The van der Waals surface area contributed by atoms with E-state index in [4.69, 9.17) is 5.73 Å². The average molecular weight is 156 g/mol. The van der Waals surface area contributed by atoms with Crippen molar-refractivity contribution in [2.24, 2.45) is 5.73 Å². The van der Waals surface area contributed by atoms with E-state index in [1.54, 1.807) is 11.3 Å². The molecule has 1 heterocycles. The fourth-order valence-electron chi connectivity index (χ4n) is 0.769. The predicted molar refractivity (Wildman–Crippen MR) is 44.3 cm³/mol. The van der Waals surface area contributed by atoms with Gasteiger partial charge >= 0.3 is 0 Å². The minimum Gasteiger partial charge on any atom is -0.330 e. The van der Waals surface area contributed by atoms with Crippen LogP contribution in [0.4, 0.5) is 0 Å². The lowest BCUT2D eigenvalue weighted by molar-refractivity contribution is 0.982. The molecule has 0 unspecified atom stereocenters. The predicted octanol–water partition coefficient (Wildman–Crippen LogP) is 1.21. The summed E-state index contributed by atoms with van der Waals surface area (Å²) >= 11 is 1.77. The zero-order valence-corrected chi connectivity index (χ0v) is 6.95. The van der Waals surface area contributed by atoms with Gasteiger partial charge in [0.15, 0.2) is 0 Å². The van der Waals surface area contributed by atoms with Crippen molar-refractivity contribution in [3.05, 3.63) is 16.1 Å². The number of thiazole rings is 1. The largest absolute Gasteiger partial charge is 0.330 e. The molecule has 0 radical (unpaired) electrons. The first-order chi connectivity index (χ1) is 4.86. The summed E-state index contributed by atoms with van der Waals surface area (Å²) in [5.74, 6) is 0. The molecule has 1 rings (SSSR count). The van der Waals surface area contributed by atoms with Gasteiger partial charge in [-0.15, -0.1) is 11.3 Å². The molecule has 0 saturated heterocycles. The van der Waals surface area contributed by atoms with Crippen molar-refractivity contribution < 1.29 is 0 Å². The van der Waals surface area contributed by atoms with Gasteiger partial charge in [0, 0.05) is 11.1 Å². The van der Waals surface area contributed by atoms with E-state index in [1.165, 1.54) is 9.88 Å². The summed E-state index contributed by atoms with van der Waals surface area (Å²) in [6.45, 7) is 2.84. The fraction of sp³-hybridized carbons (Fsp3) is 0.571. The van der Waals surface area contributed by atoms with Gasteiger partial charge in [-0.3, -0.25) is 0 Å². The SMILES string of the molecule is CCc1ncc(CCN)s1. The van der Waals surface area contributed by atoms with Crippen LogP contribution >= 0.6 is 11.3 Å². The Morgan fingerprint density at radius 2 is 2.50 bits per heavy atom. The van der Waals surface area contributed by atoms with Crippen LogP contribution in [0.5, 0.6) is 0 Å². The molecule has 3 heteroatoms. The molecule has 0 aliphatic carbocycles. The van der Waals surface area contributed by atoms with E-state index in [0.717, 1.165) is 19.4 Å². The first-order valence-corrected chi connectivity index (χ1v) is 4.32. The van der Waals surface area contributed by atoms with Crippen molar-refractivity contribution in [2.75, 3.05) is 6.54 Å². The summed E-state index contributed by atoms with van der Waals surface area (Å²) in [5.41, 5.74) is 5.39. The van der Waals surface area contributed by atoms with Gasteiger partial charge in [-0.2, -0.15) is 0 Å². The maximum atomic E-state index is 5.39. The van der Waals surface area contributed by atoms with Crippen molar-refractivity contribution in [1.82, 2.24) is 4.98 Å². The van der Waals surface area contributed by atoms with E-state index in [2.05, 4.69) is 11.9 Å². The number of nitrogens with zero attached hydrogens (tertiary/aromatic N) is 1. The lowest BCUT2D eigenvalue weighted by atomic mass is 10.4. The maximum absolute atomic E-state index is 5.39. The Labute approximate surface area is 65.1 Å². The highest BCUT2D eigenvalue weighted by Gasteiger charge is 1.97. The molecule has 2 nitrogen and oxygen atoms in total. The molecule has 0 bridgehead atoms. The maximum Gasteiger partial charge on any atom is 0.0924 e. The molecular formula is C7H12N2S. The highest BCUT2D eigenvalue weighted by Crippen LogP contribution is 2.12. The Hall–Kier alpha value is -0.410. The van der Waals surface area contributed by atoms with Crippen molar-refractivity contribution in [2.45, 2.75) is 19.8 Å². The third kappa shape index (κ3) is 1.78. The summed E-state index contributed by atoms with van der Waals surface area (Å²) in [7, 11) is 0. The van der Waals surface area contributed by atoms with Crippen LogP contribution in [-0.2, 0) is 12.8 Å². The topological polar surface area (TPSA) is 38.9 Å². The van der Waals surface area contributed by atoms with Crippen LogP contribution in [0.25, 0.3) is 0 Å². The van der Waals surface area contributed by atoms with Crippen LogP contribution < -0.4 is 5.73 Å². The number of nitrogens with two attached hydrogens (primary N) is 1. The zero-order valence-electron chi connectivity index (χ0n) is 6.13. The molecule has 0 aliphatic rings. The third-order valence-corrected chi connectivity index (χ3v) is 2.50. The highest BCUT2D eigenvalue weighted by atomic mass is 32.1. The van der Waals surface area contributed by atoms with E-state index in [-0.39, 0.29) is 0 Å². The summed E-state index contributed by atoms with van der Waals surface area (Å²) in [6, 6.07) is 0. The summed E-state index contributed by atoms with van der Waals surface area (Å²) in [5, 5.41) is 1.21. The molecule has 0 amide bonds. The molecule has 0 atom stereocenters. The van der Waals surface area contributed by atoms with E-state index in [9.17, 15) is 0 Å². The minimum atomic E-state index is 0.728. The van der Waals surface area contributed by atoms with Gasteiger partial charge < -0.3 is 5.73 Å². The Bertz CT molecular complexity index is 195. The van der Waals surface area contributed by atoms with Gasteiger partial charge in [0.25, 0.3) is 0 Å². The third-order valence-electron chi connectivity index (χ3n) is 1.29. The smallest absolute Gasteiger partial charge is 0.0924 e. The number of aromatic nitrogens is 1. The molecule has 2 N–H and O–H groups in total. The van der Waals surface area contributed by atoms with E-state index in [1.807, 2.05) is 6.20 Å². The van der Waals surface area contributed by atoms with Crippen LogP contribution in [0.2, 0.25) is 0 Å². The lowest BCUT2D eigenvalue weighted by Crippen LogP contribution is -2.00. The van der Waals surface area contributed by atoms with E-state index >= 15 is 0 Å². The number of hydrogen-bond donors (Lipinski definition) is 1. The first kappa shape index (κ1) is 7.69. The molecule has 0 spiro atoms. The molecule has 56 valence electrons. The summed E-state index contributed by atoms with van der Waals surface area (Å²) in [6.07, 6.45) is 3.93. The second-order valence-electron chi connectivity index (χ2n) is 2.11. The van der Waals surface area contributed by atoms with Crippen molar-refractivity contribution in [3.63, 3.8) is 0 Å². The first-order valence-electron chi connectivity index (χ1n) is 3.50. The van der Waals surface area contributed by atoms with Crippen LogP contribution in [0.15, 0.2) is 6.20 Å². The second-order valence-corrected chi connectivity index (χ2v) is 3.31. The van der Waals surface area contributed by atoms with Crippen LogP contribution in [0.3, 0.4) is 0 Å². The van der Waals surface area contributed by atoms with Crippen LogP contribution in [-0.4, -0.2) is 11.5 Å². The van der Waals surface area contributed by atoms with Crippen LogP contribution in [0.1, 0.15) is 16.8 Å². The molecule has 0 saturated carbocycles. The van der Waals surface area contributed by atoms with Crippen molar-refractivity contribution in [1.29, 1.82) is 0 Å². The normalized spacial score (nSPS) is 10.2. The highest BCUT2D eigenvalue weighted by molar-refractivity contribution is 7.11. The Morgan fingerprint density at radius 1 is 1.70 bits per heavy atom. The molecule has 0 fully saturated rings. The number of aryl methyl sites for hydroxylation is 1. The Morgan fingerprint density at radius 3 is 3.00 bits per heavy atom. The van der Waals surface area contributed by atoms with Gasteiger partial charge in [-0.05, 0) is 19.4 Å². The molecule has 10 heavy (non-hydrogen) atoms. The van der Waals surface area contributed by atoms with Gasteiger partial charge in [-0.25, -0.2) is 4.98 Å². The van der Waals surface area contributed by atoms with Gasteiger partial charge in [0.05, 0.1) is 5.01 Å². The van der Waals surface area contributed by atoms with E-state index < -0.39 is 0 Å². The monoisotopic (exact) mass is 156 g/mol. The van der Waals surface area contributed by atoms with Gasteiger partial charge in [0.1, 0.15) is 0 Å². The second kappa shape index (κ2) is 3.68. The lowest BCUT2D eigenvalue weighted by Gasteiger charge is -1.86. The Balaban J connectivity index is 2.59.